The van der Waals surface area contributed by atoms with Crippen molar-refractivity contribution >= 4 is 5.91 Å². The average molecular weight is 293 g/mol. The maximum atomic E-state index is 12.2. The lowest BCUT2D eigenvalue weighted by atomic mass is 9.93. The molecule has 2 heterocycles. The maximum Gasteiger partial charge on any atom is 0.401 e. The number of hydrogen-bond donors (Lipinski definition) is 2. The summed E-state index contributed by atoms with van der Waals surface area (Å²) in [5.74, 6) is 0.626. The maximum absolute atomic E-state index is 12.2. The van der Waals surface area contributed by atoms with Gasteiger partial charge in [0.2, 0.25) is 5.91 Å². The highest BCUT2D eigenvalue weighted by molar-refractivity contribution is 5.79. The topological polar surface area (TPSA) is 44.4 Å². The van der Waals surface area contributed by atoms with Crippen LogP contribution in [-0.2, 0) is 4.79 Å². The number of carbonyl (C=O) groups is 1. The van der Waals surface area contributed by atoms with Gasteiger partial charge in [0.1, 0.15) is 0 Å². The summed E-state index contributed by atoms with van der Waals surface area (Å²) in [6.45, 7) is 2.35. The SMILES string of the molecule is O=C(NCCC1CCN(CC(F)(F)F)CC1)C1CNC1. The Bertz CT molecular complexity index is 323. The summed E-state index contributed by atoms with van der Waals surface area (Å²) >= 11 is 0. The highest BCUT2D eigenvalue weighted by atomic mass is 19.4. The van der Waals surface area contributed by atoms with Gasteiger partial charge < -0.3 is 10.6 Å². The Labute approximate surface area is 117 Å². The van der Waals surface area contributed by atoms with Gasteiger partial charge >= 0.3 is 6.18 Å². The van der Waals surface area contributed by atoms with Crippen molar-refractivity contribution < 1.29 is 18.0 Å². The second-order valence-electron chi connectivity index (χ2n) is 5.77. The lowest BCUT2D eigenvalue weighted by molar-refractivity contribution is -0.148. The lowest BCUT2D eigenvalue weighted by Gasteiger charge is -2.32. The van der Waals surface area contributed by atoms with Crippen molar-refractivity contribution in [3.8, 4) is 0 Å². The predicted molar refractivity (Wildman–Crippen MR) is 69.2 cm³/mol. The molecule has 2 N–H and O–H groups in total. The number of halogens is 3. The van der Waals surface area contributed by atoms with Crippen LogP contribution in [0.3, 0.4) is 0 Å². The first-order valence-corrected chi connectivity index (χ1v) is 7.21. The van der Waals surface area contributed by atoms with Crippen LogP contribution in [0.4, 0.5) is 13.2 Å². The molecule has 2 aliphatic rings. The third-order valence-electron chi connectivity index (χ3n) is 4.11. The molecule has 0 radical (unpaired) electrons. The highest BCUT2D eigenvalue weighted by Gasteiger charge is 2.32. The molecule has 4 nitrogen and oxygen atoms in total. The molecule has 7 heteroatoms. The minimum atomic E-state index is -4.10. The fraction of sp³-hybridized carbons (Fsp3) is 0.923. The first-order chi connectivity index (χ1) is 9.44. The fourth-order valence-electron chi connectivity index (χ4n) is 2.70. The standard InChI is InChI=1S/C13H22F3N3O/c14-13(15,16)9-19-5-2-10(3-6-19)1-4-18-12(20)11-7-17-8-11/h10-11,17H,1-9H2,(H,18,20). The number of piperidine rings is 1. The lowest BCUT2D eigenvalue weighted by Crippen LogP contribution is -2.51. The summed E-state index contributed by atoms with van der Waals surface area (Å²) in [7, 11) is 0. The average Bonchev–Trinajstić information content (AvgIpc) is 2.27. The Morgan fingerprint density at radius 2 is 1.90 bits per heavy atom. The van der Waals surface area contributed by atoms with E-state index in [1.807, 2.05) is 0 Å². The zero-order valence-corrected chi connectivity index (χ0v) is 11.5. The van der Waals surface area contributed by atoms with E-state index in [0.29, 0.717) is 25.6 Å². The molecule has 0 bridgehead atoms. The van der Waals surface area contributed by atoms with Crippen molar-refractivity contribution in [2.24, 2.45) is 11.8 Å². The molecule has 0 aromatic heterocycles. The zero-order chi connectivity index (χ0) is 14.6. The van der Waals surface area contributed by atoms with E-state index in [1.54, 1.807) is 0 Å². The Kier molecular flexibility index (Phi) is 5.26. The van der Waals surface area contributed by atoms with Crippen molar-refractivity contribution in [3.63, 3.8) is 0 Å². The largest absolute Gasteiger partial charge is 0.401 e. The van der Waals surface area contributed by atoms with E-state index in [4.69, 9.17) is 0 Å². The van der Waals surface area contributed by atoms with Gasteiger partial charge in [-0.25, -0.2) is 0 Å². The summed E-state index contributed by atoms with van der Waals surface area (Å²) < 4.78 is 36.7. The monoisotopic (exact) mass is 293 g/mol. The van der Waals surface area contributed by atoms with E-state index in [-0.39, 0.29) is 11.8 Å². The molecule has 2 aliphatic heterocycles. The second-order valence-corrected chi connectivity index (χ2v) is 5.77. The first kappa shape index (κ1) is 15.6. The van der Waals surface area contributed by atoms with Gasteiger partial charge in [-0.05, 0) is 38.3 Å². The molecule has 1 amide bonds. The quantitative estimate of drug-likeness (QED) is 0.794. The molecule has 0 aromatic carbocycles. The molecule has 2 saturated heterocycles. The Morgan fingerprint density at radius 1 is 1.25 bits per heavy atom. The Balaban J connectivity index is 1.56. The Morgan fingerprint density at radius 3 is 2.40 bits per heavy atom. The van der Waals surface area contributed by atoms with Crippen LogP contribution in [0.15, 0.2) is 0 Å². The van der Waals surface area contributed by atoms with E-state index in [9.17, 15) is 18.0 Å². The van der Waals surface area contributed by atoms with Crippen LogP contribution in [-0.4, -0.2) is 56.3 Å². The number of nitrogens with zero attached hydrogens (tertiary/aromatic N) is 1. The van der Waals surface area contributed by atoms with Gasteiger partial charge in [-0.15, -0.1) is 0 Å². The molecule has 0 aromatic rings. The normalized spacial score (nSPS) is 22.6. The van der Waals surface area contributed by atoms with Crippen LogP contribution >= 0.6 is 0 Å². The van der Waals surface area contributed by atoms with Crippen molar-refractivity contribution in [1.29, 1.82) is 0 Å². The molecule has 116 valence electrons. The number of hydrogen-bond acceptors (Lipinski definition) is 3. The van der Waals surface area contributed by atoms with E-state index in [0.717, 1.165) is 32.4 Å². The van der Waals surface area contributed by atoms with Gasteiger partial charge in [-0.2, -0.15) is 13.2 Å². The summed E-state index contributed by atoms with van der Waals surface area (Å²) in [4.78, 5) is 13.1. The van der Waals surface area contributed by atoms with E-state index < -0.39 is 12.7 Å². The number of carbonyl (C=O) groups excluding carboxylic acids is 1. The molecule has 0 aliphatic carbocycles. The van der Waals surface area contributed by atoms with Crippen LogP contribution in [0.1, 0.15) is 19.3 Å². The molecule has 0 saturated carbocycles. The van der Waals surface area contributed by atoms with Gasteiger partial charge in [0.25, 0.3) is 0 Å². The van der Waals surface area contributed by atoms with Crippen molar-refractivity contribution in [2.75, 3.05) is 39.3 Å². The number of alkyl halides is 3. The van der Waals surface area contributed by atoms with Crippen molar-refractivity contribution in [1.82, 2.24) is 15.5 Å². The van der Waals surface area contributed by atoms with E-state index in [1.165, 1.54) is 4.90 Å². The number of likely N-dealkylation sites (tertiary alicyclic amines) is 1. The number of rotatable bonds is 5. The highest BCUT2D eigenvalue weighted by Crippen LogP contribution is 2.23. The molecule has 0 unspecified atom stereocenters. The van der Waals surface area contributed by atoms with Crippen LogP contribution in [0.25, 0.3) is 0 Å². The van der Waals surface area contributed by atoms with Gasteiger partial charge in [0, 0.05) is 19.6 Å². The van der Waals surface area contributed by atoms with E-state index in [2.05, 4.69) is 10.6 Å². The molecule has 0 spiro atoms. The van der Waals surface area contributed by atoms with Crippen molar-refractivity contribution in [3.05, 3.63) is 0 Å². The first-order valence-electron chi connectivity index (χ1n) is 7.21. The third-order valence-corrected chi connectivity index (χ3v) is 4.11. The van der Waals surface area contributed by atoms with Gasteiger partial charge in [0.15, 0.2) is 0 Å². The summed E-state index contributed by atoms with van der Waals surface area (Å²) in [6, 6.07) is 0. The molecule has 20 heavy (non-hydrogen) atoms. The Hall–Kier alpha value is -0.820. The molecule has 2 fully saturated rings. The third kappa shape index (κ3) is 4.94. The minimum absolute atomic E-state index is 0.0956. The molecular formula is C13H22F3N3O. The number of amides is 1. The van der Waals surface area contributed by atoms with Gasteiger partial charge in [-0.1, -0.05) is 0 Å². The summed E-state index contributed by atoms with van der Waals surface area (Å²) in [6.07, 6.45) is -1.66. The smallest absolute Gasteiger partial charge is 0.356 e. The fourth-order valence-corrected chi connectivity index (χ4v) is 2.70. The van der Waals surface area contributed by atoms with Crippen LogP contribution < -0.4 is 10.6 Å². The predicted octanol–water partition coefficient (Wildman–Crippen LogP) is 0.986. The van der Waals surface area contributed by atoms with Crippen molar-refractivity contribution in [2.45, 2.75) is 25.4 Å². The van der Waals surface area contributed by atoms with Crippen LogP contribution in [0.2, 0.25) is 0 Å². The molecule has 0 atom stereocenters. The van der Waals surface area contributed by atoms with E-state index >= 15 is 0 Å². The van der Waals surface area contributed by atoms with Crippen LogP contribution in [0.5, 0.6) is 0 Å². The molecule has 2 rings (SSSR count). The molecular weight excluding hydrogens is 271 g/mol. The zero-order valence-electron chi connectivity index (χ0n) is 11.5. The summed E-state index contributed by atoms with van der Waals surface area (Å²) in [5, 5.41) is 5.96. The van der Waals surface area contributed by atoms with Gasteiger partial charge in [0.05, 0.1) is 12.5 Å². The van der Waals surface area contributed by atoms with Gasteiger partial charge in [-0.3, -0.25) is 9.69 Å². The number of nitrogens with one attached hydrogen (secondary N) is 2. The minimum Gasteiger partial charge on any atom is -0.356 e. The van der Waals surface area contributed by atoms with Crippen LogP contribution in [0, 0.1) is 11.8 Å². The second kappa shape index (κ2) is 6.76. The summed E-state index contributed by atoms with van der Waals surface area (Å²) in [5.41, 5.74) is 0.